The molecule has 0 saturated heterocycles. The van der Waals surface area contributed by atoms with Crippen LogP contribution in [0.25, 0.3) is 0 Å². The molecule has 13 heavy (non-hydrogen) atoms. The van der Waals surface area contributed by atoms with Crippen molar-refractivity contribution in [3.05, 3.63) is 0 Å². The van der Waals surface area contributed by atoms with Gasteiger partial charge in [0, 0.05) is 20.0 Å². The maximum atomic E-state index is 12.9. The van der Waals surface area contributed by atoms with Crippen molar-refractivity contribution in [2.24, 2.45) is 0 Å². The molecule has 0 aromatic heterocycles. The highest BCUT2D eigenvalue weighted by atomic mass is 19.3. The average molecular weight is 192 g/mol. The Labute approximate surface area is 76.3 Å². The third-order valence-electron chi connectivity index (χ3n) is 2.45. The van der Waals surface area contributed by atoms with E-state index in [2.05, 4.69) is 0 Å². The Morgan fingerprint density at radius 2 is 2.15 bits per heavy atom. The fourth-order valence-electron chi connectivity index (χ4n) is 1.53. The first-order valence-electron chi connectivity index (χ1n) is 4.50. The van der Waals surface area contributed by atoms with Crippen LogP contribution < -0.4 is 0 Å². The van der Waals surface area contributed by atoms with Crippen LogP contribution >= 0.6 is 0 Å². The molecule has 0 bridgehead atoms. The minimum atomic E-state index is -3.13. The van der Waals surface area contributed by atoms with E-state index in [-0.39, 0.29) is 25.4 Å². The van der Waals surface area contributed by atoms with Gasteiger partial charge in [-0.2, -0.15) is 8.78 Å². The van der Waals surface area contributed by atoms with E-state index < -0.39 is 11.7 Å². The molecule has 2 nitrogen and oxygen atoms in total. The minimum Gasteiger partial charge on any atom is -0.381 e. The third-order valence-corrected chi connectivity index (χ3v) is 2.45. The number of carbonyl (C=O) groups excluding carboxylic acids is 1. The zero-order valence-electron chi connectivity index (χ0n) is 7.69. The van der Waals surface area contributed by atoms with Crippen LogP contribution in [0.4, 0.5) is 8.78 Å². The lowest BCUT2D eigenvalue weighted by molar-refractivity contribution is -0.146. The van der Waals surface area contributed by atoms with Gasteiger partial charge in [-0.3, -0.25) is 4.79 Å². The Balaban J connectivity index is 2.56. The standard InChI is InChI=1S/C9H14F2O2/c1-13-7-3-2-4-8(12)9(10,11)6-5-7/h7H,2-6H2,1H3. The van der Waals surface area contributed by atoms with E-state index in [9.17, 15) is 13.6 Å². The molecule has 0 aromatic rings. The Bertz CT molecular complexity index is 192. The molecule has 1 fully saturated rings. The lowest BCUT2D eigenvalue weighted by atomic mass is 9.95. The number of methoxy groups -OCH3 is 1. The van der Waals surface area contributed by atoms with Crippen LogP contribution in [-0.2, 0) is 9.53 Å². The van der Waals surface area contributed by atoms with Gasteiger partial charge in [-0.25, -0.2) is 0 Å². The first-order valence-corrected chi connectivity index (χ1v) is 4.50. The van der Waals surface area contributed by atoms with E-state index in [0.29, 0.717) is 12.8 Å². The summed E-state index contributed by atoms with van der Waals surface area (Å²) in [7, 11) is 1.52. The van der Waals surface area contributed by atoms with Crippen molar-refractivity contribution < 1.29 is 18.3 Å². The van der Waals surface area contributed by atoms with Crippen LogP contribution in [0.3, 0.4) is 0 Å². The van der Waals surface area contributed by atoms with Gasteiger partial charge in [-0.05, 0) is 19.3 Å². The first kappa shape index (κ1) is 10.6. The Hall–Kier alpha value is -0.510. The smallest absolute Gasteiger partial charge is 0.305 e. The monoisotopic (exact) mass is 192 g/mol. The van der Waals surface area contributed by atoms with Crippen LogP contribution in [-0.4, -0.2) is 24.9 Å². The number of ether oxygens (including phenoxy) is 1. The van der Waals surface area contributed by atoms with Gasteiger partial charge < -0.3 is 4.74 Å². The molecular formula is C9H14F2O2. The second kappa shape index (κ2) is 4.13. The number of carbonyl (C=O) groups is 1. The van der Waals surface area contributed by atoms with Crippen molar-refractivity contribution >= 4 is 5.78 Å². The van der Waals surface area contributed by atoms with Gasteiger partial charge in [0.1, 0.15) is 0 Å². The molecule has 0 spiro atoms. The predicted octanol–water partition coefficient (Wildman–Crippen LogP) is 2.17. The fraction of sp³-hybridized carbons (Fsp3) is 0.889. The maximum absolute atomic E-state index is 12.9. The van der Waals surface area contributed by atoms with Crippen molar-refractivity contribution in [3.63, 3.8) is 0 Å². The molecule has 1 saturated carbocycles. The van der Waals surface area contributed by atoms with E-state index in [1.165, 1.54) is 7.11 Å². The van der Waals surface area contributed by atoms with E-state index in [4.69, 9.17) is 4.74 Å². The molecule has 0 N–H and O–H groups in total. The number of halogens is 2. The van der Waals surface area contributed by atoms with Crippen LogP contribution in [0, 0.1) is 0 Å². The first-order chi connectivity index (χ1) is 6.06. The summed E-state index contributed by atoms with van der Waals surface area (Å²) in [6.07, 6.45) is 0.983. The SMILES string of the molecule is COC1CCCC(=O)C(F)(F)CC1. The van der Waals surface area contributed by atoms with Crippen LogP contribution in [0.2, 0.25) is 0 Å². The van der Waals surface area contributed by atoms with Crippen molar-refractivity contribution in [1.29, 1.82) is 0 Å². The Morgan fingerprint density at radius 1 is 1.46 bits per heavy atom. The van der Waals surface area contributed by atoms with Gasteiger partial charge in [-0.1, -0.05) is 0 Å². The number of alkyl halides is 2. The molecule has 0 heterocycles. The number of rotatable bonds is 1. The summed E-state index contributed by atoms with van der Waals surface area (Å²) in [5, 5.41) is 0. The molecule has 0 amide bonds. The molecule has 76 valence electrons. The van der Waals surface area contributed by atoms with Gasteiger partial charge in [0.2, 0.25) is 5.78 Å². The minimum absolute atomic E-state index is 0.0210. The topological polar surface area (TPSA) is 26.3 Å². The van der Waals surface area contributed by atoms with Crippen molar-refractivity contribution in [1.82, 2.24) is 0 Å². The van der Waals surface area contributed by atoms with Crippen LogP contribution in [0.5, 0.6) is 0 Å². The van der Waals surface area contributed by atoms with Crippen molar-refractivity contribution in [2.75, 3.05) is 7.11 Å². The summed E-state index contributed by atoms with van der Waals surface area (Å²) in [5.41, 5.74) is 0. The molecular weight excluding hydrogens is 178 g/mol. The van der Waals surface area contributed by atoms with E-state index >= 15 is 0 Å². The number of hydrogen-bond acceptors (Lipinski definition) is 2. The van der Waals surface area contributed by atoms with Gasteiger partial charge in [0.15, 0.2) is 0 Å². The molecule has 4 heteroatoms. The summed E-state index contributed by atoms with van der Waals surface area (Å²) in [6.45, 7) is 0. The van der Waals surface area contributed by atoms with Crippen LogP contribution in [0.1, 0.15) is 32.1 Å². The number of ketones is 1. The van der Waals surface area contributed by atoms with Crippen molar-refractivity contribution in [2.45, 2.75) is 44.1 Å². The highest BCUT2D eigenvalue weighted by Gasteiger charge is 2.39. The number of hydrogen-bond donors (Lipinski definition) is 0. The normalized spacial score (nSPS) is 29.5. The second-order valence-electron chi connectivity index (χ2n) is 3.42. The molecule has 1 unspecified atom stereocenters. The molecule has 1 atom stereocenters. The molecule has 1 rings (SSSR count). The molecule has 0 radical (unpaired) electrons. The quantitative estimate of drug-likeness (QED) is 0.636. The zero-order valence-corrected chi connectivity index (χ0v) is 7.69. The molecule has 0 aliphatic heterocycles. The summed E-state index contributed by atoms with van der Waals surface area (Å²) in [5.74, 6) is -4.04. The fourth-order valence-corrected chi connectivity index (χ4v) is 1.53. The number of Topliss-reactive ketones (excluding diaryl/α,β-unsaturated/α-hetero) is 1. The summed E-state index contributed by atoms with van der Waals surface area (Å²) < 4.78 is 30.9. The highest BCUT2D eigenvalue weighted by molar-refractivity contribution is 5.85. The molecule has 0 aromatic carbocycles. The second-order valence-corrected chi connectivity index (χ2v) is 3.42. The zero-order chi connectivity index (χ0) is 9.90. The summed E-state index contributed by atoms with van der Waals surface area (Å²) in [4.78, 5) is 10.9. The van der Waals surface area contributed by atoms with Crippen molar-refractivity contribution in [3.8, 4) is 0 Å². The van der Waals surface area contributed by atoms with E-state index in [1.807, 2.05) is 0 Å². The maximum Gasteiger partial charge on any atom is 0.305 e. The molecule has 1 aliphatic rings. The highest BCUT2D eigenvalue weighted by Crippen LogP contribution is 2.29. The van der Waals surface area contributed by atoms with Gasteiger partial charge in [0.25, 0.3) is 0 Å². The lowest BCUT2D eigenvalue weighted by Gasteiger charge is -2.22. The summed E-state index contributed by atoms with van der Waals surface area (Å²) >= 11 is 0. The largest absolute Gasteiger partial charge is 0.381 e. The third kappa shape index (κ3) is 2.72. The average Bonchev–Trinajstić information content (AvgIpc) is 2.08. The predicted molar refractivity (Wildman–Crippen MR) is 43.8 cm³/mol. The lowest BCUT2D eigenvalue weighted by Crippen LogP contribution is -2.32. The Kier molecular flexibility index (Phi) is 3.36. The summed E-state index contributed by atoms with van der Waals surface area (Å²) in [6, 6.07) is 0. The van der Waals surface area contributed by atoms with Gasteiger partial charge >= 0.3 is 5.92 Å². The molecule has 1 aliphatic carbocycles. The van der Waals surface area contributed by atoms with Gasteiger partial charge in [-0.15, -0.1) is 0 Å². The van der Waals surface area contributed by atoms with E-state index in [1.54, 1.807) is 0 Å². The van der Waals surface area contributed by atoms with Crippen LogP contribution in [0.15, 0.2) is 0 Å². The van der Waals surface area contributed by atoms with E-state index in [0.717, 1.165) is 0 Å². The van der Waals surface area contributed by atoms with Gasteiger partial charge in [0.05, 0.1) is 6.10 Å². The Morgan fingerprint density at radius 3 is 2.77 bits per heavy atom.